The first kappa shape index (κ1) is 24.1. The summed E-state index contributed by atoms with van der Waals surface area (Å²) in [6.07, 6.45) is 1.80. The third-order valence-corrected chi connectivity index (χ3v) is 6.84. The number of nitrogens with one attached hydrogen (secondary N) is 2. The van der Waals surface area contributed by atoms with Gasteiger partial charge < -0.3 is 20.3 Å². The largest absolute Gasteiger partial charge is 0.444 e. The van der Waals surface area contributed by atoms with E-state index in [-0.39, 0.29) is 33.6 Å². The van der Waals surface area contributed by atoms with Crippen molar-refractivity contribution in [3.8, 4) is 0 Å². The minimum atomic E-state index is -3.43. The maximum absolute atomic E-state index is 12.4. The lowest BCUT2D eigenvalue weighted by atomic mass is 10.2. The van der Waals surface area contributed by atoms with Crippen molar-refractivity contribution in [1.29, 1.82) is 0 Å². The molecule has 1 saturated heterocycles. The average molecular weight is 482 g/mol. The molecule has 3 rings (SSSR count). The Morgan fingerprint density at radius 1 is 1.31 bits per heavy atom. The molecule has 1 aliphatic heterocycles. The van der Waals surface area contributed by atoms with Crippen molar-refractivity contribution in [2.45, 2.75) is 50.7 Å². The van der Waals surface area contributed by atoms with Gasteiger partial charge in [0.25, 0.3) is 0 Å². The van der Waals surface area contributed by atoms with E-state index in [4.69, 9.17) is 16.3 Å². The molecule has 0 bridgehead atoms. The van der Waals surface area contributed by atoms with Gasteiger partial charge in [0.05, 0.1) is 22.5 Å². The smallest absolute Gasteiger partial charge is 0.410 e. The number of aromatic nitrogens is 2. The van der Waals surface area contributed by atoms with Gasteiger partial charge in [0.15, 0.2) is 15.7 Å². The van der Waals surface area contributed by atoms with Crippen molar-refractivity contribution in [1.82, 2.24) is 14.9 Å². The summed E-state index contributed by atoms with van der Waals surface area (Å²) in [4.78, 5) is 22.7. The summed E-state index contributed by atoms with van der Waals surface area (Å²) in [6, 6.07) is 6.54. The highest BCUT2D eigenvalue weighted by Gasteiger charge is 2.30. The molecular formula is C21H28ClN5O4S. The van der Waals surface area contributed by atoms with E-state index in [2.05, 4.69) is 20.6 Å². The Morgan fingerprint density at radius 2 is 2.03 bits per heavy atom. The van der Waals surface area contributed by atoms with Gasteiger partial charge in [0, 0.05) is 19.1 Å². The maximum Gasteiger partial charge on any atom is 0.410 e. The highest BCUT2D eigenvalue weighted by Crippen LogP contribution is 2.29. The Labute approximate surface area is 193 Å². The summed E-state index contributed by atoms with van der Waals surface area (Å²) in [5.41, 5.74) is -0.165. The summed E-state index contributed by atoms with van der Waals surface area (Å²) in [5.74, 6) is 0.583. The third-order valence-electron chi connectivity index (χ3n) is 4.77. The van der Waals surface area contributed by atoms with Gasteiger partial charge in [-0.1, -0.05) is 30.7 Å². The fourth-order valence-corrected chi connectivity index (χ4v) is 4.39. The fourth-order valence-electron chi connectivity index (χ4n) is 3.20. The molecule has 11 heteroatoms. The molecule has 2 N–H and O–H groups in total. The predicted octanol–water partition coefficient (Wildman–Crippen LogP) is 4.09. The topological polar surface area (TPSA) is 114 Å². The fraction of sp³-hybridized carbons (Fsp3) is 0.476. The van der Waals surface area contributed by atoms with E-state index in [0.29, 0.717) is 31.1 Å². The van der Waals surface area contributed by atoms with Gasteiger partial charge in [-0.25, -0.2) is 18.2 Å². The van der Waals surface area contributed by atoms with Gasteiger partial charge in [-0.15, -0.1) is 0 Å². The van der Waals surface area contributed by atoms with Crippen LogP contribution in [0.25, 0.3) is 0 Å². The first-order valence-corrected chi connectivity index (χ1v) is 12.4. The Kier molecular flexibility index (Phi) is 7.14. The summed E-state index contributed by atoms with van der Waals surface area (Å²) in [6.45, 7) is 8.10. The van der Waals surface area contributed by atoms with Crippen LogP contribution in [0.2, 0.25) is 5.02 Å². The molecule has 0 radical (unpaired) electrons. The molecule has 2 heterocycles. The van der Waals surface area contributed by atoms with Crippen LogP contribution in [0.5, 0.6) is 0 Å². The zero-order valence-corrected chi connectivity index (χ0v) is 20.1. The Hall–Kier alpha value is -2.59. The maximum atomic E-state index is 12.4. The number of para-hydroxylation sites is 1. The summed E-state index contributed by atoms with van der Waals surface area (Å²) >= 11 is 6.26. The number of amides is 1. The Morgan fingerprint density at radius 3 is 2.72 bits per heavy atom. The second-order valence-corrected chi connectivity index (χ2v) is 11.1. The predicted molar refractivity (Wildman–Crippen MR) is 124 cm³/mol. The van der Waals surface area contributed by atoms with Crippen LogP contribution in [0.4, 0.5) is 22.2 Å². The number of likely N-dealkylation sites (tertiary alicyclic amines) is 1. The molecule has 1 fully saturated rings. The summed E-state index contributed by atoms with van der Waals surface area (Å²) in [7, 11) is -3.43. The van der Waals surface area contributed by atoms with Gasteiger partial charge in [-0.2, -0.15) is 4.98 Å². The number of benzene rings is 1. The van der Waals surface area contributed by atoms with Gasteiger partial charge in [-0.3, -0.25) is 0 Å². The first-order valence-electron chi connectivity index (χ1n) is 10.3. The van der Waals surface area contributed by atoms with Crippen molar-refractivity contribution in [2.75, 3.05) is 29.5 Å². The van der Waals surface area contributed by atoms with Gasteiger partial charge in [0.2, 0.25) is 5.95 Å². The van der Waals surface area contributed by atoms with Crippen molar-refractivity contribution in [3.63, 3.8) is 0 Å². The van der Waals surface area contributed by atoms with Crippen LogP contribution >= 0.6 is 11.6 Å². The highest BCUT2D eigenvalue weighted by molar-refractivity contribution is 7.91. The number of nitrogens with zero attached hydrogens (tertiary/aromatic N) is 3. The van der Waals surface area contributed by atoms with Gasteiger partial charge >= 0.3 is 6.09 Å². The zero-order valence-electron chi connectivity index (χ0n) is 18.6. The number of hydrogen-bond donors (Lipinski definition) is 2. The molecule has 9 nitrogen and oxygen atoms in total. The number of ether oxygens (including phenoxy) is 1. The van der Waals surface area contributed by atoms with Gasteiger partial charge in [0.1, 0.15) is 10.6 Å². The normalized spacial score (nSPS) is 16.7. The lowest BCUT2D eigenvalue weighted by Crippen LogP contribution is -2.36. The zero-order chi connectivity index (χ0) is 23.5. The Bertz CT molecular complexity index is 1090. The molecule has 1 aliphatic rings. The number of rotatable bonds is 6. The molecule has 0 saturated carbocycles. The molecule has 0 aliphatic carbocycles. The van der Waals surface area contributed by atoms with Crippen molar-refractivity contribution >= 4 is 45.0 Å². The quantitative estimate of drug-likeness (QED) is 0.634. The molecule has 2 aromatic rings. The lowest BCUT2D eigenvalue weighted by molar-refractivity contribution is 0.0293. The molecule has 0 spiro atoms. The van der Waals surface area contributed by atoms with E-state index in [9.17, 15) is 13.2 Å². The number of sulfone groups is 1. The number of carbonyl (C=O) groups is 1. The number of anilines is 3. The van der Waals surface area contributed by atoms with E-state index in [1.54, 1.807) is 36.1 Å². The standard InChI is InChI=1S/C21H28ClN5O4S/c1-5-32(29,30)17-9-7-6-8-16(17)25-18-15(22)12-23-19(26-18)24-14-10-11-27(13-14)20(28)31-21(2,3)4/h6-9,12,14H,5,10-11,13H2,1-4H3,(H2,23,24,25,26)/t14-/m1/s1. The van der Waals surface area contributed by atoms with Crippen LogP contribution in [0.3, 0.4) is 0 Å². The molecule has 174 valence electrons. The van der Waals surface area contributed by atoms with Crippen LogP contribution in [0, 0.1) is 0 Å². The van der Waals surface area contributed by atoms with Crippen LogP contribution in [-0.2, 0) is 14.6 Å². The molecular weight excluding hydrogens is 454 g/mol. The van der Waals surface area contributed by atoms with E-state index >= 15 is 0 Å². The van der Waals surface area contributed by atoms with Crippen molar-refractivity contribution < 1.29 is 17.9 Å². The monoisotopic (exact) mass is 481 g/mol. The van der Waals surface area contributed by atoms with Crippen molar-refractivity contribution in [3.05, 3.63) is 35.5 Å². The van der Waals surface area contributed by atoms with Crippen LogP contribution in [0.15, 0.2) is 35.4 Å². The molecule has 0 unspecified atom stereocenters. The van der Waals surface area contributed by atoms with Crippen LogP contribution in [0.1, 0.15) is 34.1 Å². The summed E-state index contributed by atoms with van der Waals surface area (Å²) in [5, 5.41) is 6.47. The SMILES string of the molecule is CCS(=O)(=O)c1ccccc1Nc1nc(N[C@@H]2CCN(C(=O)OC(C)(C)C)C2)ncc1Cl. The number of halogens is 1. The van der Waals surface area contributed by atoms with E-state index in [1.807, 2.05) is 20.8 Å². The van der Waals surface area contributed by atoms with Crippen LogP contribution < -0.4 is 10.6 Å². The average Bonchev–Trinajstić information content (AvgIpc) is 3.18. The molecule has 1 aromatic carbocycles. The van der Waals surface area contributed by atoms with E-state index in [1.165, 1.54) is 6.20 Å². The highest BCUT2D eigenvalue weighted by atomic mass is 35.5. The van der Waals surface area contributed by atoms with E-state index in [0.717, 1.165) is 0 Å². The minimum Gasteiger partial charge on any atom is -0.444 e. The molecule has 1 aromatic heterocycles. The Balaban J connectivity index is 1.72. The minimum absolute atomic E-state index is 0.0220. The molecule has 1 atom stereocenters. The number of carbonyl (C=O) groups excluding carboxylic acids is 1. The second kappa shape index (κ2) is 9.50. The van der Waals surface area contributed by atoms with E-state index < -0.39 is 15.4 Å². The number of hydrogen-bond acceptors (Lipinski definition) is 8. The lowest BCUT2D eigenvalue weighted by Gasteiger charge is -2.24. The van der Waals surface area contributed by atoms with Crippen LogP contribution in [-0.4, -0.2) is 59.9 Å². The molecule has 32 heavy (non-hydrogen) atoms. The second-order valence-electron chi connectivity index (χ2n) is 8.47. The third kappa shape index (κ3) is 6.01. The van der Waals surface area contributed by atoms with Crippen molar-refractivity contribution in [2.24, 2.45) is 0 Å². The summed E-state index contributed by atoms with van der Waals surface area (Å²) < 4.78 is 30.2. The van der Waals surface area contributed by atoms with Gasteiger partial charge in [-0.05, 0) is 39.3 Å². The molecule has 1 amide bonds. The first-order chi connectivity index (χ1) is 15.0.